The molecule has 19 heavy (non-hydrogen) atoms. The quantitative estimate of drug-likeness (QED) is 0.873. The van der Waals surface area contributed by atoms with Crippen molar-refractivity contribution in [3.63, 3.8) is 0 Å². The van der Waals surface area contributed by atoms with Crippen molar-refractivity contribution in [1.29, 1.82) is 0 Å². The highest BCUT2D eigenvalue weighted by Gasteiger charge is 2.14. The summed E-state index contributed by atoms with van der Waals surface area (Å²) in [6, 6.07) is 10.2. The number of phenolic OH excluding ortho intramolecular Hbond substituents is 1. The molecule has 2 rings (SSSR count). The molecule has 0 spiro atoms. The lowest BCUT2D eigenvalue weighted by Crippen LogP contribution is -2.15. The lowest BCUT2D eigenvalue weighted by atomic mass is 10.0. The van der Waals surface area contributed by atoms with Crippen LogP contribution in [0.4, 0.5) is 5.69 Å². The number of anilines is 1. The highest BCUT2D eigenvalue weighted by atomic mass is 35.5. The summed E-state index contributed by atoms with van der Waals surface area (Å²) in [5.74, 6) is -0.0765. The predicted molar refractivity (Wildman–Crippen MR) is 77.0 cm³/mol. The number of benzene rings is 2. The molecule has 0 fully saturated rings. The van der Waals surface area contributed by atoms with Gasteiger partial charge in [-0.3, -0.25) is 4.79 Å². The van der Waals surface area contributed by atoms with Crippen LogP contribution in [0.5, 0.6) is 5.75 Å². The molecule has 0 bridgehead atoms. The summed E-state index contributed by atoms with van der Waals surface area (Å²) < 4.78 is 0. The summed E-state index contributed by atoms with van der Waals surface area (Å²) >= 11 is 6.01. The summed E-state index contributed by atoms with van der Waals surface area (Å²) in [5.41, 5.74) is 2.57. The first-order valence-electron chi connectivity index (χ1n) is 5.85. The van der Waals surface area contributed by atoms with E-state index in [2.05, 4.69) is 5.32 Å². The number of hydrogen-bond donors (Lipinski definition) is 2. The molecule has 0 heterocycles. The van der Waals surface area contributed by atoms with Crippen molar-refractivity contribution < 1.29 is 9.90 Å². The van der Waals surface area contributed by atoms with Gasteiger partial charge in [-0.2, -0.15) is 0 Å². The van der Waals surface area contributed by atoms with Gasteiger partial charge < -0.3 is 10.4 Å². The molecule has 2 N–H and O–H groups in total. The fourth-order valence-electron chi connectivity index (χ4n) is 2.05. The Hall–Kier alpha value is -2.00. The molecule has 4 heteroatoms. The number of carbonyl (C=O) groups excluding carboxylic acids is 1. The third-order valence-corrected chi connectivity index (χ3v) is 3.20. The SMILES string of the molecule is Cc1cc(O)cc(C)c1C(=O)Nc1ccccc1Cl. The molecule has 0 saturated carbocycles. The van der Waals surface area contributed by atoms with Gasteiger partial charge in [-0.1, -0.05) is 23.7 Å². The summed E-state index contributed by atoms with van der Waals surface area (Å²) in [7, 11) is 0. The average Bonchev–Trinajstić information content (AvgIpc) is 2.30. The van der Waals surface area contributed by atoms with Gasteiger partial charge in [0.05, 0.1) is 10.7 Å². The zero-order chi connectivity index (χ0) is 14.0. The Labute approximate surface area is 116 Å². The standard InChI is InChI=1S/C15H14ClNO2/c1-9-7-11(18)8-10(2)14(9)15(19)17-13-6-4-3-5-12(13)16/h3-8,18H,1-2H3,(H,17,19). The van der Waals surface area contributed by atoms with Crippen molar-refractivity contribution in [3.05, 3.63) is 58.1 Å². The molecule has 2 aromatic carbocycles. The van der Waals surface area contributed by atoms with Crippen molar-refractivity contribution in [2.45, 2.75) is 13.8 Å². The van der Waals surface area contributed by atoms with Crippen LogP contribution in [0.2, 0.25) is 5.02 Å². The molecule has 3 nitrogen and oxygen atoms in total. The minimum atomic E-state index is -0.233. The molecule has 0 aromatic heterocycles. The Morgan fingerprint density at radius 1 is 1.16 bits per heavy atom. The van der Waals surface area contributed by atoms with E-state index in [1.54, 1.807) is 50.2 Å². The number of rotatable bonds is 2. The van der Waals surface area contributed by atoms with Gasteiger partial charge in [0.1, 0.15) is 5.75 Å². The molecule has 0 atom stereocenters. The number of halogens is 1. The van der Waals surface area contributed by atoms with E-state index in [1.165, 1.54) is 0 Å². The van der Waals surface area contributed by atoms with Gasteiger partial charge in [0.2, 0.25) is 0 Å². The summed E-state index contributed by atoms with van der Waals surface area (Å²) in [6.45, 7) is 3.57. The van der Waals surface area contributed by atoms with Crippen LogP contribution in [0.15, 0.2) is 36.4 Å². The van der Waals surface area contributed by atoms with Gasteiger partial charge in [0.15, 0.2) is 0 Å². The number of nitrogens with one attached hydrogen (secondary N) is 1. The second kappa shape index (κ2) is 5.33. The van der Waals surface area contributed by atoms with Crippen LogP contribution in [-0.2, 0) is 0 Å². The molecule has 0 radical (unpaired) electrons. The van der Waals surface area contributed by atoms with Crippen molar-refractivity contribution in [2.75, 3.05) is 5.32 Å². The number of aromatic hydroxyl groups is 1. The Kier molecular flexibility index (Phi) is 3.76. The summed E-state index contributed by atoms with van der Waals surface area (Å²) in [5, 5.41) is 12.7. The van der Waals surface area contributed by atoms with Crippen LogP contribution in [0.1, 0.15) is 21.5 Å². The number of hydrogen-bond acceptors (Lipinski definition) is 2. The van der Waals surface area contributed by atoms with Gasteiger partial charge >= 0.3 is 0 Å². The van der Waals surface area contributed by atoms with Crippen molar-refractivity contribution in [2.24, 2.45) is 0 Å². The second-order valence-corrected chi connectivity index (χ2v) is 4.80. The number of para-hydroxylation sites is 1. The third-order valence-electron chi connectivity index (χ3n) is 2.87. The van der Waals surface area contributed by atoms with Crippen LogP contribution in [0, 0.1) is 13.8 Å². The van der Waals surface area contributed by atoms with Crippen LogP contribution >= 0.6 is 11.6 Å². The highest BCUT2D eigenvalue weighted by molar-refractivity contribution is 6.33. The molecule has 0 aliphatic rings. The van der Waals surface area contributed by atoms with Crippen molar-refractivity contribution >= 4 is 23.2 Å². The molecule has 0 saturated heterocycles. The predicted octanol–water partition coefficient (Wildman–Crippen LogP) is 3.91. The molecule has 0 unspecified atom stereocenters. The average molecular weight is 276 g/mol. The van der Waals surface area contributed by atoms with Crippen LogP contribution < -0.4 is 5.32 Å². The number of phenols is 1. The highest BCUT2D eigenvalue weighted by Crippen LogP contribution is 2.24. The first kappa shape index (κ1) is 13.4. The van der Waals surface area contributed by atoms with Gasteiger partial charge in [-0.05, 0) is 49.2 Å². The van der Waals surface area contributed by atoms with Gasteiger partial charge in [-0.25, -0.2) is 0 Å². The lowest BCUT2D eigenvalue weighted by Gasteiger charge is -2.12. The number of aryl methyl sites for hydroxylation is 2. The Bertz CT molecular complexity index is 615. The third kappa shape index (κ3) is 2.88. The molecular weight excluding hydrogens is 262 g/mol. The van der Waals surface area contributed by atoms with Crippen LogP contribution in [0.25, 0.3) is 0 Å². The minimum Gasteiger partial charge on any atom is -0.508 e. The Balaban J connectivity index is 2.34. The first-order valence-corrected chi connectivity index (χ1v) is 6.23. The lowest BCUT2D eigenvalue weighted by molar-refractivity contribution is 0.102. The zero-order valence-electron chi connectivity index (χ0n) is 10.7. The molecule has 0 aliphatic heterocycles. The largest absolute Gasteiger partial charge is 0.508 e. The van der Waals surface area contributed by atoms with Gasteiger partial charge in [0, 0.05) is 5.56 Å². The molecule has 1 amide bonds. The maximum atomic E-state index is 12.3. The van der Waals surface area contributed by atoms with E-state index in [0.717, 1.165) is 11.1 Å². The fourth-order valence-corrected chi connectivity index (χ4v) is 2.23. The normalized spacial score (nSPS) is 10.3. The van der Waals surface area contributed by atoms with Crippen LogP contribution in [0.3, 0.4) is 0 Å². The molecular formula is C15H14ClNO2. The van der Waals surface area contributed by atoms with Gasteiger partial charge in [0.25, 0.3) is 5.91 Å². The fraction of sp³-hybridized carbons (Fsp3) is 0.133. The zero-order valence-corrected chi connectivity index (χ0v) is 11.5. The smallest absolute Gasteiger partial charge is 0.256 e. The maximum absolute atomic E-state index is 12.3. The topological polar surface area (TPSA) is 49.3 Å². The van der Waals surface area contributed by atoms with E-state index >= 15 is 0 Å². The van der Waals surface area contributed by atoms with E-state index in [4.69, 9.17) is 11.6 Å². The van der Waals surface area contributed by atoms with Gasteiger partial charge in [-0.15, -0.1) is 0 Å². The monoisotopic (exact) mass is 275 g/mol. The van der Waals surface area contributed by atoms with E-state index in [9.17, 15) is 9.90 Å². The van der Waals surface area contributed by atoms with E-state index in [-0.39, 0.29) is 11.7 Å². The van der Waals surface area contributed by atoms with E-state index in [1.807, 2.05) is 0 Å². The Morgan fingerprint density at radius 3 is 2.32 bits per heavy atom. The Morgan fingerprint density at radius 2 is 1.74 bits per heavy atom. The summed E-state index contributed by atoms with van der Waals surface area (Å²) in [4.78, 5) is 12.3. The first-order chi connectivity index (χ1) is 8.99. The molecule has 2 aromatic rings. The van der Waals surface area contributed by atoms with Crippen molar-refractivity contribution in [3.8, 4) is 5.75 Å². The number of carbonyl (C=O) groups is 1. The number of amides is 1. The summed E-state index contributed by atoms with van der Waals surface area (Å²) in [6.07, 6.45) is 0. The second-order valence-electron chi connectivity index (χ2n) is 4.39. The van der Waals surface area contributed by atoms with E-state index in [0.29, 0.717) is 16.3 Å². The minimum absolute atomic E-state index is 0.157. The maximum Gasteiger partial charge on any atom is 0.256 e. The molecule has 0 aliphatic carbocycles. The van der Waals surface area contributed by atoms with Crippen molar-refractivity contribution in [1.82, 2.24) is 0 Å². The van der Waals surface area contributed by atoms with E-state index < -0.39 is 0 Å². The van der Waals surface area contributed by atoms with Crippen LogP contribution in [-0.4, -0.2) is 11.0 Å². The molecule has 98 valence electrons.